The minimum atomic E-state index is -2.89. The van der Waals surface area contributed by atoms with E-state index in [4.69, 9.17) is 0 Å². The number of halogens is 2. The lowest BCUT2D eigenvalue weighted by Crippen LogP contribution is -2.29. The summed E-state index contributed by atoms with van der Waals surface area (Å²) in [5.74, 6) is -0.179. The zero-order valence-electron chi connectivity index (χ0n) is 13.2. The number of aliphatic hydroxyl groups is 1. The molecular formula is C18H19F2NO3. The number of benzene rings is 2. The van der Waals surface area contributed by atoms with Crippen LogP contribution in [0.3, 0.4) is 0 Å². The van der Waals surface area contributed by atoms with Crippen LogP contribution in [-0.2, 0) is 11.2 Å². The molecule has 0 bridgehead atoms. The van der Waals surface area contributed by atoms with Gasteiger partial charge < -0.3 is 15.2 Å². The molecule has 128 valence electrons. The Kier molecular flexibility index (Phi) is 6.26. The molecule has 2 rings (SSSR count). The van der Waals surface area contributed by atoms with Crippen molar-refractivity contribution in [3.05, 3.63) is 65.2 Å². The Labute approximate surface area is 139 Å². The van der Waals surface area contributed by atoms with E-state index in [-0.39, 0.29) is 24.6 Å². The number of hydrogen-bond acceptors (Lipinski definition) is 3. The van der Waals surface area contributed by atoms with Crippen molar-refractivity contribution in [2.24, 2.45) is 0 Å². The van der Waals surface area contributed by atoms with E-state index in [0.717, 1.165) is 11.1 Å². The Balaban J connectivity index is 1.83. The smallest absolute Gasteiger partial charge is 0.387 e. The number of carbonyl (C=O) groups excluding carboxylic acids is 1. The maximum absolute atomic E-state index is 12.1. The van der Waals surface area contributed by atoms with Gasteiger partial charge in [-0.2, -0.15) is 8.78 Å². The first-order valence-electron chi connectivity index (χ1n) is 7.49. The van der Waals surface area contributed by atoms with Crippen molar-refractivity contribution in [2.75, 3.05) is 6.54 Å². The zero-order chi connectivity index (χ0) is 17.5. The molecule has 2 aromatic rings. The quantitative estimate of drug-likeness (QED) is 0.818. The highest BCUT2D eigenvalue weighted by atomic mass is 19.3. The maximum Gasteiger partial charge on any atom is 0.387 e. The third kappa shape index (κ3) is 5.62. The number of nitrogens with one attached hydrogen (secondary N) is 1. The van der Waals surface area contributed by atoms with Gasteiger partial charge in [0.15, 0.2) is 0 Å². The lowest BCUT2D eigenvalue weighted by atomic mass is 10.1. The number of carbonyl (C=O) groups is 1. The summed E-state index contributed by atoms with van der Waals surface area (Å²) in [5.41, 5.74) is 2.48. The van der Waals surface area contributed by atoms with Gasteiger partial charge in [0.1, 0.15) is 5.75 Å². The van der Waals surface area contributed by atoms with Crippen LogP contribution in [0.15, 0.2) is 48.5 Å². The number of aryl methyl sites for hydroxylation is 1. The van der Waals surface area contributed by atoms with Gasteiger partial charge in [0.05, 0.1) is 12.5 Å². The molecule has 0 aromatic heterocycles. The van der Waals surface area contributed by atoms with Crippen molar-refractivity contribution >= 4 is 5.91 Å². The maximum atomic E-state index is 12.1. The van der Waals surface area contributed by atoms with Crippen molar-refractivity contribution in [3.63, 3.8) is 0 Å². The van der Waals surface area contributed by atoms with Gasteiger partial charge in [-0.15, -0.1) is 0 Å². The minimum absolute atomic E-state index is 0.0180. The molecule has 1 atom stereocenters. The summed E-state index contributed by atoms with van der Waals surface area (Å²) in [4.78, 5) is 11.9. The fourth-order valence-corrected chi connectivity index (χ4v) is 2.27. The summed E-state index contributed by atoms with van der Waals surface area (Å²) in [6, 6.07) is 13.3. The second kappa shape index (κ2) is 8.40. The highest BCUT2D eigenvalue weighted by Gasteiger charge is 2.11. The first-order valence-corrected chi connectivity index (χ1v) is 7.49. The van der Waals surface area contributed by atoms with Crippen molar-refractivity contribution in [2.45, 2.75) is 26.1 Å². The summed E-state index contributed by atoms with van der Waals surface area (Å²) >= 11 is 0. The molecule has 2 aromatic carbocycles. The number of amides is 1. The average molecular weight is 335 g/mol. The van der Waals surface area contributed by atoms with E-state index < -0.39 is 12.7 Å². The lowest BCUT2D eigenvalue weighted by Gasteiger charge is -2.13. The van der Waals surface area contributed by atoms with E-state index in [1.54, 1.807) is 0 Å². The van der Waals surface area contributed by atoms with Gasteiger partial charge in [0, 0.05) is 6.54 Å². The molecule has 0 radical (unpaired) electrons. The first-order chi connectivity index (χ1) is 11.4. The third-order valence-electron chi connectivity index (χ3n) is 3.43. The molecule has 0 aliphatic heterocycles. The van der Waals surface area contributed by atoms with Gasteiger partial charge in [-0.1, -0.05) is 42.0 Å². The largest absolute Gasteiger partial charge is 0.435 e. The molecule has 0 saturated carbocycles. The van der Waals surface area contributed by atoms with Gasteiger partial charge in [-0.05, 0) is 30.2 Å². The van der Waals surface area contributed by atoms with Crippen LogP contribution in [-0.4, -0.2) is 24.2 Å². The molecule has 0 spiro atoms. The standard InChI is InChI=1S/C18H19F2NO3/c1-12-3-2-4-13(9-12)10-17(23)21-11-16(22)14-5-7-15(8-6-14)24-18(19)20/h2-9,16,18,22H,10-11H2,1H3,(H,21,23). The Hall–Kier alpha value is -2.47. The second-order valence-electron chi connectivity index (χ2n) is 5.43. The Morgan fingerprint density at radius 2 is 1.92 bits per heavy atom. The molecular weight excluding hydrogens is 316 g/mol. The van der Waals surface area contributed by atoms with E-state index in [1.165, 1.54) is 24.3 Å². The molecule has 0 aliphatic carbocycles. The Bertz CT molecular complexity index is 674. The highest BCUT2D eigenvalue weighted by Crippen LogP contribution is 2.19. The molecule has 24 heavy (non-hydrogen) atoms. The van der Waals surface area contributed by atoms with Gasteiger partial charge in [0.2, 0.25) is 5.91 Å². The van der Waals surface area contributed by atoms with Crippen molar-refractivity contribution in [1.29, 1.82) is 0 Å². The summed E-state index contributed by atoms with van der Waals surface area (Å²) in [6.07, 6.45) is -0.692. The first kappa shape index (κ1) is 17.9. The van der Waals surface area contributed by atoms with Gasteiger partial charge >= 0.3 is 6.61 Å². The molecule has 1 unspecified atom stereocenters. The summed E-state index contributed by atoms with van der Waals surface area (Å²) in [5, 5.41) is 12.7. The Morgan fingerprint density at radius 1 is 1.21 bits per heavy atom. The molecule has 4 nitrogen and oxygen atoms in total. The van der Waals surface area contributed by atoms with Crippen molar-refractivity contribution < 1.29 is 23.4 Å². The van der Waals surface area contributed by atoms with E-state index in [0.29, 0.717) is 5.56 Å². The lowest BCUT2D eigenvalue weighted by molar-refractivity contribution is -0.120. The molecule has 0 fully saturated rings. The molecule has 0 saturated heterocycles. The predicted octanol–water partition coefficient (Wildman–Crippen LogP) is 2.99. The third-order valence-corrected chi connectivity index (χ3v) is 3.43. The van der Waals surface area contributed by atoms with Crippen LogP contribution in [0.2, 0.25) is 0 Å². The fourth-order valence-electron chi connectivity index (χ4n) is 2.27. The van der Waals surface area contributed by atoms with Crippen LogP contribution in [0.25, 0.3) is 0 Å². The highest BCUT2D eigenvalue weighted by molar-refractivity contribution is 5.78. The summed E-state index contributed by atoms with van der Waals surface area (Å²) in [7, 11) is 0. The number of rotatable bonds is 7. The molecule has 0 aliphatic rings. The van der Waals surface area contributed by atoms with Crippen LogP contribution in [0.4, 0.5) is 8.78 Å². The average Bonchev–Trinajstić information content (AvgIpc) is 2.53. The zero-order valence-corrected chi connectivity index (χ0v) is 13.2. The Morgan fingerprint density at radius 3 is 2.54 bits per heavy atom. The van der Waals surface area contributed by atoms with E-state index in [2.05, 4.69) is 10.1 Å². The van der Waals surface area contributed by atoms with Gasteiger partial charge in [-0.3, -0.25) is 4.79 Å². The van der Waals surface area contributed by atoms with Crippen molar-refractivity contribution in [1.82, 2.24) is 5.32 Å². The number of ether oxygens (including phenoxy) is 1. The van der Waals surface area contributed by atoms with E-state index in [9.17, 15) is 18.7 Å². The monoisotopic (exact) mass is 335 g/mol. The molecule has 2 N–H and O–H groups in total. The summed E-state index contributed by atoms with van der Waals surface area (Å²) in [6.45, 7) is -0.895. The predicted molar refractivity (Wildman–Crippen MR) is 85.9 cm³/mol. The summed E-state index contributed by atoms with van der Waals surface area (Å²) < 4.78 is 28.4. The van der Waals surface area contributed by atoms with Gasteiger partial charge in [-0.25, -0.2) is 0 Å². The molecule has 6 heteroatoms. The topological polar surface area (TPSA) is 58.6 Å². The van der Waals surface area contributed by atoms with Gasteiger partial charge in [0.25, 0.3) is 0 Å². The molecule has 1 amide bonds. The van der Waals surface area contributed by atoms with Crippen LogP contribution in [0.1, 0.15) is 22.8 Å². The van der Waals surface area contributed by atoms with Crippen LogP contribution in [0.5, 0.6) is 5.75 Å². The number of aliphatic hydroxyl groups excluding tert-OH is 1. The van der Waals surface area contributed by atoms with E-state index >= 15 is 0 Å². The van der Waals surface area contributed by atoms with E-state index in [1.807, 2.05) is 31.2 Å². The molecule has 0 heterocycles. The minimum Gasteiger partial charge on any atom is -0.435 e. The van der Waals surface area contributed by atoms with Crippen LogP contribution in [0, 0.1) is 6.92 Å². The SMILES string of the molecule is Cc1cccc(CC(=O)NCC(O)c2ccc(OC(F)F)cc2)c1. The fraction of sp³-hybridized carbons (Fsp3) is 0.278. The van der Waals surface area contributed by atoms with Crippen LogP contribution < -0.4 is 10.1 Å². The van der Waals surface area contributed by atoms with Crippen molar-refractivity contribution in [3.8, 4) is 5.75 Å². The van der Waals surface area contributed by atoms with Crippen LogP contribution >= 0.6 is 0 Å². The second-order valence-corrected chi connectivity index (χ2v) is 5.43. The number of alkyl halides is 2. The normalized spacial score (nSPS) is 12.0. The number of hydrogen-bond donors (Lipinski definition) is 2.